The minimum atomic E-state index is -1.03. The maximum Gasteiger partial charge on any atom is 0.337 e. The molecule has 2 rings (SSSR count). The number of benzene rings is 1. The van der Waals surface area contributed by atoms with Gasteiger partial charge in [0, 0.05) is 0 Å². The van der Waals surface area contributed by atoms with E-state index < -0.39 is 17.5 Å². The van der Waals surface area contributed by atoms with Crippen LogP contribution in [0.5, 0.6) is 0 Å². The van der Waals surface area contributed by atoms with Gasteiger partial charge in [-0.15, -0.1) is 0 Å². The molecule has 90 valence electrons. The van der Waals surface area contributed by atoms with Gasteiger partial charge < -0.3 is 21.1 Å². The van der Waals surface area contributed by atoms with Gasteiger partial charge in [-0.3, -0.25) is 4.79 Å². The lowest BCUT2D eigenvalue weighted by Gasteiger charge is -2.21. The second-order valence-corrected chi connectivity index (χ2v) is 3.99. The Hall–Kier alpha value is -2.24. The normalized spacial score (nSPS) is 21.1. The molecule has 0 bridgehead atoms. The standard InChI is InChI=1S/C11H13N3O3/c1-11(10(12)16)13-7-4-3-6(9(15)17-2)5-8(7)14-11/h3-5,13-14H,1-2H3,(H2,12,16). The van der Waals surface area contributed by atoms with Crippen molar-refractivity contribution in [1.82, 2.24) is 0 Å². The van der Waals surface area contributed by atoms with E-state index in [2.05, 4.69) is 15.4 Å². The van der Waals surface area contributed by atoms with Crippen LogP contribution in [-0.2, 0) is 9.53 Å². The number of anilines is 2. The molecule has 1 aliphatic rings. The molecule has 6 heteroatoms. The summed E-state index contributed by atoms with van der Waals surface area (Å²) in [4.78, 5) is 22.6. The number of primary amides is 1. The minimum Gasteiger partial charge on any atom is -0.465 e. The summed E-state index contributed by atoms with van der Waals surface area (Å²) in [6, 6.07) is 4.93. The van der Waals surface area contributed by atoms with Gasteiger partial charge in [-0.05, 0) is 25.1 Å². The van der Waals surface area contributed by atoms with Crippen LogP contribution in [0.15, 0.2) is 18.2 Å². The number of rotatable bonds is 2. The molecule has 1 aliphatic heterocycles. The third-order valence-electron chi connectivity index (χ3n) is 2.70. The van der Waals surface area contributed by atoms with Crippen LogP contribution < -0.4 is 16.4 Å². The lowest BCUT2D eigenvalue weighted by Crippen LogP contribution is -2.50. The number of ether oxygens (including phenoxy) is 1. The van der Waals surface area contributed by atoms with Gasteiger partial charge in [0.15, 0.2) is 5.66 Å². The third kappa shape index (κ3) is 1.77. The molecule has 1 amide bonds. The van der Waals surface area contributed by atoms with E-state index in [1.54, 1.807) is 25.1 Å². The van der Waals surface area contributed by atoms with Gasteiger partial charge in [0.25, 0.3) is 5.91 Å². The zero-order valence-electron chi connectivity index (χ0n) is 9.53. The molecule has 1 aromatic rings. The molecule has 17 heavy (non-hydrogen) atoms. The quantitative estimate of drug-likeness (QED) is 0.649. The molecule has 0 saturated heterocycles. The molecule has 0 saturated carbocycles. The highest BCUT2D eigenvalue weighted by Gasteiger charge is 2.37. The molecule has 1 atom stereocenters. The molecule has 0 spiro atoms. The Balaban J connectivity index is 2.34. The van der Waals surface area contributed by atoms with Crippen LogP contribution in [0.2, 0.25) is 0 Å². The summed E-state index contributed by atoms with van der Waals surface area (Å²) in [6.07, 6.45) is 0. The maximum atomic E-state index is 11.3. The molecular formula is C11H13N3O3. The van der Waals surface area contributed by atoms with Crippen LogP contribution in [-0.4, -0.2) is 24.6 Å². The average molecular weight is 235 g/mol. The zero-order chi connectivity index (χ0) is 12.6. The molecule has 1 heterocycles. The van der Waals surface area contributed by atoms with Crippen molar-refractivity contribution < 1.29 is 14.3 Å². The first-order valence-electron chi connectivity index (χ1n) is 5.05. The Kier molecular flexibility index (Phi) is 2.42. The van der Waals surface area contributed by atoms with Crippen LogP contribution >= 0.6 is 0 Å². The Bertz CT molecular complexity index is 501. The van der Waals surface area contributed by atoms with E-state index >= 15 is 0 Å². The summed E-state index contributed by atoms with van der Waals surface area (Å²) < 4.78 is 4.62. The Morgan fingerprint density at radius 2 is 1.94 bits per heavy atom. The fourth-order valence-corrected chi connectivity index (χ4v) is 1.69. The number of methoxy groups -OCH3 is 1. The predicted molar refractivity (Wildman–Crippen MR) is 62.6 cm³/mol. The van der Waals surface area contributed by atoms with Crippen molar-refractivity contribution >= 4 is 23.3 Å². The van der Waals surface area contributed by atoms with Crippen LogP contribution in [0.1, 0.15) is 17.3 Å². The van der Waals surface area contributed by atoms with Gasteiger partial charge in [-0.2, -0.15) is 0 Å². The van der Waals surface area contributed by atoms with Gasteiger partial charge >= 0.3 is 5.97 Å². The summed E-state index contributed by atoms with van der Waals surface area (Å²) in [5, 5.41) is 5.89. The summed E-state index contributed by atoms with van der Waals surface area (Å²) >= 11 is 0. The van der Waals surface area contributed by atoms with E-state index in [9.17, 15) is 9.59 Å². The molecule has 0 aliphatic carbocycles. The second-order valence-electron chi connectivity index (χ2n) is 3.99. The molecule has 4 N–H and O–H groups in total. The highest BCUT2D eigenvalue weighted by Crippen LogP contribution is 2.34. The van der Waals surface area contributed by atoms with Crippen LogP contribution in [0, 0.1) is 0 Å². The fraction of sp³-hybridized carbons (Fsp3) is 0.273. The summed E-state index contributed by atoms with van der Waals surface area (Å²) in [7, 11) is 1.31. The first-order chi connectivity index (χ1) is 7.96. The number of fused-ring (bicyclic) bond motifs is 1. The van der Waals surface area contributed by atoms with Crippen molar-refractivity contribution in [3.05, 3.63) is 23.8 Å². The molecule has 1 unspecified atom stereocenters. The van der Waals surface area contributed by atoms with Gasteiger partial charge in [0.2, 0.25) is 0 Å². The third-order valence-corrected chi connectivity index (χ3v) is 2.70. The minimum absolute atomic E-state index is 0.411. The lowest BCUT2D eigenvalue weighted by molar-refractivity contribution is -0.120. The number of esters is 1. The van der Waals surface area contributed by atoms with Gasteiger partial charge in [-0.25, -0.2) is 4.79 Å². The van der Waals surface area contributed by atoms with Crippen molar-refractivity contribution in [1.29, 1.82) is 0 Å². The second kappa shape index (κ2) is 3.65. The number of hydrogen-bond donors (Lipinski definition) is 3. The first kappa shape index (κ1) is 11.3. The number of nitrogens with two attached hydrogens (primary N) is 1. The van der Waals surface area contributed by atoms with Crippen molar-refractivity contribution in [2.45, 2.75) is 12.6 Å². The Labute approximate surface area is 98.1 Å². The van der Waals surface area contributed by atoms with Crippen molar-refractivity contribution in [3.8, 4) is 0 Å². The van der Waals surface area contributed by atoms with Crippen molar-refractivity contribution in [2.24, 2.45) is 5.73 Å². The zero-order valence-corrected chi connectivity index (χ0v) is 9.53. The van der Waals surface area contributed by atoms with E-state index in [1.807, 2.05) is 0 Å². The van der Waals surface area contributed by atoms with E-state index in [0.717, 1.165) is 5.69 Å². The van der Waals surface area contributed by atoms with E-state index in [1.165, 1.54) is 7.11 Å². The SMILES string of the molecule is COC(=O)c1ccc2c(c1)NC(C)(C(N)=O)N2. The number of hydrogen-bond acceptors (Lipinski definition) is 5. The summed E-state index contributed by atoms with van der Waals surface area (Å²) in [5.41, 5.74) is 6.03. The van der Waals surface area contributed by atoms with Gasteiger partial charge in [0.05, 0.1) is 24.0 Å². The van der Waals surface area contributed by atoms with Crippen LogP contribution in [0.4, 0.5) is 11.4 Å². The topological polar surface area (TPSA) is 93.4 Å². The van der Waals surface area contributed by atoms with Gasteiger partial charge in [0.1, 0.15) is 0 Å². The monoisotopic (exact) mass is 235 g/mol. The lowest BCUT2D eigenvalue weighted by atomic mass is 10.2. The average Bonchev–Trinajstić information content (AvgIpc) is 2.64. The smallest absolute Gasteiger partial charge is 0.337 e. The Morgan fingerprint density at radius 3 is 2.53 bits per heavy atom. The number of nitrogens with one attached hydrogen (secondary N) is 2. The molecule has 0 fully saturated rings. The van der Waals surface area contributed by atoms with Crippen molar-refractivity contribution in [3.63, 3.8) is 0 Å². The molecular weight excluding hydrogens is 222 g/mol. The van der Waals surface area contributed by atoms with Gasteiger partial charge in [-0.1, -0.05) is 0 Å². The fourth-order valence-electron chi connectivity index (χ4n) is 1.69. The molecule has 6 nitrogen and oxygen atoms in total. The predicted octanol–water partition coefficient (Wildman–Crippen LogP) is 0.512. The molecule has 1 aromatic carbocycles. The largest absolute Gasteiger partial charge is 0.465 e. The highest BCUT2D eigenvalue weighted by molar-refractivity contribution is 5.98. The van der Waals surface area contributed by atoms with E-state index in [4.69, 9.17) is 5.73 Å². The number of carbonyl (C=O) groups is 2. The highest BCUT2D eigenvalue weighted by atomic mass is 16.5. The number of amides is 1. The summed E-state index contributed by atoms with van der Waals surface area (Å²) in [6.45, 7) is 1.63. The van der Waals surface area contributed by atoms with Crippen LogP contribution in [0.3, 0.4) is 0 Å². The van der Waals surface area contributed by atoms with E-state index in [0.29, 0.717) is 11.3 Å². The first-order valence-corrected chi connectivity index (χ1v) is 5.05. The molecule has 0 aromatic heterocycles. The summed E-state index contributed by atoms with van der Waals surface area (Å²) in [5.74, 6) is -0.949. The van der Waals surface area contributed by atoms with Crippen LogP contribution in [0.25, 0.3) is 0 Å². The molecule has 0 radical (unpaired) electrons. The number of carbonyl (C=O) groups excluding carboxylic acids is 2. The Morgan fingerprint density at radius 1 is 1.29 bits per heavy atom. The van der Waals surface area contributed by atoms with Crippen molar-refractivity contribution in [2.75, 3.05) is 17.7 Å². The van der Waals surface area contributed by atoms with E-state index in [-0.39, 0.29) is 0 Å². The maximum absolute atomic E-state index is 11.3.